The second-order valence-electron chi connectivity index (χ2n) is 4.92. The van der Waals surface area contributed by atoms with E-state index in [0.717, 1.165) is 18.9 Å². The van der Waals surface area contributed by atoms with Crippen LogP contribution >= 0.6 is 0 Å². The lowest BCUT2D eigenvalue weighted by Crippen LogP contribution is -2.40. The van der Waals surface area contributed by atoms with Crippen LogP contribution in [0.2, 0.25) is 0 Å². The highest BCUT2D eigenvalue weighted by Gasteiger charge is 2.27. The number of nitrogens with one attached hydrogen (secondary N) is 1. The maximum absolute atomic E-state index is 11.1. The first-order valence-corrected chi connectivity index (χ1v) is 6.15. The zero-order chi connectivity index (χ0) is 13.9. The van der Waals surface area contributed by atoms with Crippen LogP contribution in [0, 0.1) is 0 Å². The zero-order valence-electron chi connectivity index (χ0n) is 11.1. The van der Waals surface area contributed by atoms with Crippen LogP contribution in [0.3, 0.4) is 0 Å². The van der Waals surface area contributed by atoms with Crippen molar-refractivity contribution in [2.75, 3.05) is 36.5 Å². The molecule has 0 spiro atoms. The molecular formula is C12H18N4O3. The SMILES string of the molecule is CC(C)(Nc1cc(N2CCOCC2)ncn1)C(=O)O. The predicted octanol–water partition coefficient (Wildman–Crippen LogP) is 0.588. The fourth-order valence-corrected chi connectivity index (χ4v) is 1.75. The van der Waals surface area contributed by atoms with Crippen molar-refractivity contribution in [1.82, 2.24) is 9.97 Å². The Morgan fingerprint density at radius 2 is 2.11 bits per heavy atom. The van der Waals surface area contributed by atoms with E-state index in [0.29, 0.717) is 19.0 Å². The van der Waals surface area contributed by atoms with Gasteiger partial charge in [0.25, 0.3) is 0 Å². The molecule has 1 aromatic rings. The lowest BCUT2D eigenvalue weighted by molar-refractivity contribution is -0.141. The first kappa shape index (κ1) is 13.5. The van der Waals surface area contributed by atoms with Gasteiger partial charge in [0.2, 0.25) is 0 Å². The second kappa shape index (κ2) is 5.40. The van der Waals surface area contributed by atoms with Crippen molar-refractivity contribution in [1.29, 1.82) is 0 Å². The van der Waals surface area contributed by atoms with Crippen LogP contribution in [0.1, 0.15) is 13.8 Å². The third kappa shape index (κ3) is 3.31. The van der Waals surface area contributed by atoms with E-state index in [-0.39, 0.29) is 0 Å². The van der Waals surface area contributed by atoms with Gasteiger partial charge in [-0.3, -0.25) is 0 Å². The Bertz CT molecular complexity index is 458. The van der Waals surface area contributed by atoms with Gasteiger partial charge in [-0.25, -0.2) is 14.8 Å². The predicted molar refractivity (Wildman–Crippen MR) is 70.4 cm³/mol. The highest BCUT2D eigenvalue weighted by atomic mass is 16.5. The molecule has 1 aliphatic rings. The van der Waals surface area contributed by atoms with Crippen LogP contribution in [0.25, 0.3) is 0 Å². The van der Waals surface area contributed by atoms with Crippen LogP contribution in [-0.4, -0.2) is 52.9 Å². The number of hydrogen-bond donors (Lipinski definition) is 2. The van der Waals surface area contributed by atoms with Crippen molar-refractivity contribution in [3.8, 4) is 0 Å². The monoisotopic (exact) mass is 266 g/mol. The summed E-state index contributed by atoms with van der Waals surface area (Å²) in [5.74, 6) is 0.352. The molecule has 0 unspecified atom stereocenters. The minimum absolute atomic E-state index is 0.504. The molecule has 2 rings (SSSR count). The Labute approximate surface area is 111 Å². The molecule has 1 aromatic heterocycles. The molecule has 2 N–H and O–H groups in total. The van der Waals surface area contributed by atoms with Gasteiger partial charge in [0.05, 0.1) is 13.2 Å². The molecule has 0 aliphatic carbocycles. The van der Waals surface area contributed by atoms with E-state index in [1.165, 1.54) is 6.33 Å². The summed E-state index contributed by atoms with van der Waals surface area (Å²) in [5, 5.41) is 12.0. The Balaban J connectivity index is 2.12. The van der Waals surface area contributed by atoms with Gasteiger partial charge in [0, 0.05) is 19.2 Å². The van der Waals surface area contributed by atoms with Gasteiger partial charge in [0.15, 0.2) is 0 Å². The Morgan fingerprint density at radius 3 is 2.74 bits per heavy atom. The van der Waals surface area contributed by atoms with Crippen molar-refractivity contribution >= 4 is 17.6 Å². The summed E-state index contributed by atoms with van der Waals surface area (Å²) < 4.78 is 5.29. The molecule has 0 saturated carbocycles. The molecule has 104 valence electrons. The topological polar surface area (TPSA) is 87.6 Å². The first-order valence-electron chi connectivity index (χ1n) is 6.15. The summed E-state index contributed by atoms with van der Waals surface area (Å²) in [5.41, 5.74) is -1.07. The van der Waals surface area contributed by atoms with E-state index in [4.69, 9.17) is 9.84 Å². The van der Waals surface area contributed by atoms with E-state index >= 15 is 0 Å². The number of aromatic nitrogens is 2. The molecule has 1 fully saturated rings. The number of carbonyl (C=O) groups is 1. The smallest absolute Gasteiger partial charge is 0.328 e. The number of rotatable bonds is 4. The Kier molecular flexibility index (Phi) is 3.84. The summed E-state index contributed by atoms with van der Waals surface area (Å²) in [6, 6.07) is 1.76. The van der Waals surface area contributed by atoms with Gasteiger partial charge in [-0.1, -0.05) is 0 Å². The normalized spacial score (nSPS) is 16.2. The van der Waals surface area contributed by atoms with E-state index in [9.17, 15) is 4.79 Å². The van der Waals surface area contributed by atoms with Gasteiger partial charge < -0.3 is 20.1 Å². The lowest BCUT2D eigenvalue weighted by atomic mass is 10.1. The third-order valence-corrected chi connectivity index (χ3v) is 2.96. The van der Waals surface area contributed by atoms with E-state index in [1.54, 1.807) is 19.9 Å². The first-order chi connectivity index (χ1) is 8.99. The number of carboxylic acids is 1. The van der Waals surface area contributed by atoms with Gasteiger partial charge in [0.1, 0.15) is 23.5 Å². The standard InChI is InChI=1S/C12H18N4O3/c1-12(2,11(17)18)15-9-7-10(14-8-13-9)16-3-5-19-6-4-16/h7-8H,3-6H2,1-2H3,(H,17,18)(H,13,14,15). The van der Waals surface area contributed by atoms with Gasteiger partial charge >= 0.3 is 5.97 Å². The van der Waals surface area contributed by atoms with Crippen molar-refractivity contribution in [2.24, 2.45) is 0 Å². The van der Waals surface area contributed by atoms with Crippen LogP contribution < -0.4 is 10.2 Å². The molecule has 0 atom stereocenters. The molecule has 1 saturated heterocycles. The minimum Gasteiger partial charge on any atom is -0.480 e. The number of aliphatic carboxylic acids is 1. The number of morpholine rings is 1. The van der Waals surface area contributed by atoms with E-state index in [1.807, 2.05) is 0 Å². The summed E-state index contributed by atoms with van der Waals surface area (Å²) in [4.78, 5) is 21.4. The molecule has 7 nitrogen and oxygen atoms in total. The molecule has 19 heavy (non-hydrogen) atoms. The highest BCUT2D eigenvalue weighted by Crippen LogP contribution is 2.18. The van der Waals surface area contributed by atoms with E-state index in [2.05, 4.69) is 20.2 Å². The molecule has 0 aromatic carbocycles. The van der Waals surface area contributed by atoms with Crippen LogP contribution in [0.5, 0.6) is 0 Å². The molecule has 2 heterocycles. The second-order valence-corrected chi connectivity index (χ2v) is 4.92. The number of hydrogen-bond acceptors (Lipinski definition) is 6. The summed E-state index contributed by atoms with van der Waals surface area (Å²) in [7, 11) is 0. The van der Waals surface area contributed by atoms with Crippen molar-refractivity contribution in [3.63, 3.8) is 0 Å². The average molecular weight is 266 g/mol. The van der Waals surface area contributed by atoms with Crippen LogP contribution in [0.15, 0.2) is 12.4 Å². The fraction of sp³-hybridized carbons (Fsp3) is 0.583. The number of carboxylic acid groups (broad SMARTS) is 1. The molecule has 7 heteroatoms. The molecule has 0 amide bonds. The number of ether oxygens (including phenoxy) is 1. The Morgan fingerprint density at radius 1 is 1.42 bits per heavy atom. The average Bonchev–Trinajstić information content (AvgIpc) is 2.39. The third-order valence-electron chi connectivity index (χ3n) is 2.96. The maximum atomic E-state index is 11.1. The van der Waals surface area contributed by atoms with Crippen LogP contribution in [-0.2, 0) is 9.53 Å². The van der Waals surface area contributed by atoms with Crippen molar-refractivity contribution in [3.05, 3.63) is 12.4 Å². The largest absolute Gasteiger partial charge is 0.480 e. The molecular weight excluding hydrogens is 248 g/mol. The summed E-state index contributed by atoms with van der Waals surface area (Å²) >= 11 is 0. The molecule has 0 radical (unpaired) electrons. The highest BCUT2D eigenvalue weighted by molar-refractivity contribution is 5.81. The molecule has 0 bridgehead atoms. The number of anilines is 2. The summed E-state index contributed by atoms with van der Waals surface area (Å²) in [6.07, 6.45) is 1.44. The fourth-order valence-electron chi connectivity index (χ4n) is 1.75. The molecule has 1 aliphatic heterocycles. The zero-order valence-corrected chi connectivity index (χ0v) is 11.1. The maximum Gasteiger partial charge on any atom is 0.328 e. The lowest BCUT2D eigenvalue weighted by Gasteiger charge is -2.28. The van der Waals surface area contributed by atoms with Crippen molar-refractivity contribution < 1.29 is 14.6 Å². The minimum atomic E-state index is -1.07. The van der Waals surface area contributed by atoms with Crippen molar-refractivity contribution in [2.45, 2.75) is 19.4 Å². The van der Waals surface area contributed by atoms with Gasteiger partial charge in [-0.05, 0) is 13.8 Å². The quantitative estimate of drug-likeness (QED) is 0.824. The van der Waals surface area contributed by atoms with Gasteiger partial charge in [-0.15, -0.1) is 0 Å². The van der Waals surface area contributed by atoms with Gasteiger partial charge in [-0.2, -0.15) is 0 Å². The van der Waals surface area contributed by atoms with E-state index < -0.39 is 11.5 Å². The number of nitrogens with zero attached hydrogens (tertiary/aromatic N) is 3. The Hall–Kier alpha value is -1.89. The summed E-state index contributed by atoms with van der Waals surface area (Å²) in [6.45, 7) is 6.08. The van der Waals surface area contributed by atoms with Crippen LogP contribution in [0.4, 0.5) is 11.6 Å².